The van der Waals surface area contributed by atoms with Gasteiger partial charge in [0.25, 0.3) is 10.0 Å². The van der Waals surface area contributed by atoms with Crippen LogP contribution < -0.4 is 9.21 Å². The van der Waals surface area contributed by atoms with Gasteiger partial charge in [-0.25, -0.2) is 13.4 Å². The van der Waals surface area contributed by atoms with Gasteiger partial charge in [-0.05, 0) is 59.0 Å². The van der Waals surface area contributed by atoms with Crippen molar-refractivity contribution in [3.63, 3.8) is 0 Å². The van der Waals surface area contributed by atoms with Crippen LogP contribution >= 0.6 is 11.3 Å². The van der Waals surface area contributed by atoms with E-state index in [0.29, 0.717) is 9.90 Å². The number of sulfonamides is 1. The van der Waals surface area contributed by atoms with Gasteiger partial charge in [-0.2, -0.15) is 0 Å². The molecule has 3 heterocycles. The largest absolute Gasteiger partial charge is 0.378 e. The van der Waals surface area contributed by atoms with Crippen molar-refractivity contribution < 1.29 is 8.42 Å². The summed E-state index contributed by atoms with van der Waals surface area (Å²) in [5, 5.41) is 3.68. The Morgan fingerprint density at radius 1 is 0.938 bits per heavy atom. The topological polar surface area (TPSA) is 69.3 Å². The number of nitrogens with one attached hydrogen (secondary N) is 1. The number of benzene rings is 2. The SMILES string of the molecule is CN(C)c1ccc(-c2ccnc3[nH]c4ccc(N(C)S(=O)(=O)c5cccs5)cc4c23)cc1. The molecule has 0 saturated carbocycles. The van der Waals surface area contributed by atoms with Crippen molar-refractivity contribution in [3.05, 3.63) is 72.2 Å². The van der Waals surface area contributed by atoms with Gasteiger partial charge >= 0.3 is 0 Å². The lowest BCUT2D eigenvalue weighted by molar-refractivity contribution is 0.596. The quantitative estimate of drug-likeness (QED) is 0.383. The van der Waals surface area contributed by atoms with Crippen LogP contribution in [0.1, 0.15) is 0 Å². The predicted molar refractivity (Wildman–Crippen MR) is 133 cm³/mol. The Bertz CT molecular complexity index is 1520. The van der Waals surface area contributed by atoms with Gasteiger partial charge in [0.2, 0.25) is 0 Å². The summed E-state index contributed by atoms with van der Waals surface area (Å²) in [6.45, 7) is 0. The first kappa shape index (κ1) is 20.5. The summed E-state index contributed by atoms with van der Waals surface area (Å²) in [6, 6.07) is 19.4. The van der Waals surface area contributed by atoms with Gasteiger partial charge in [-0.15, -0.1) is 11.3 Å². The van der Waals surface area contributed by atoms with Crippen LogP contribution in [0.4, 0.5) is 11.4 Å². The summed E-state index contributed by atoms with van der Waals surface area (Å²) in [5.74, 6) is 0. The van der Waals surface area contributed by atoms with Gasteiger partial charge in [0.15, 0.2) is 0 Å². The number of thiophene rings is 1. The van der Waals surface area contributed by atoms with Crippen molar-refractivity contribution in [2.45, 2.75) is 4.21 Å². The lowest BCUT2D eigenvalue weighted by atomic mass is 10.0. The van der Waals surface area contributed by atoms with Gasteiger partial charge in [-0.1, -0.05) is 18.2 Å². The third-order valence-corrected chi connectivity index (χ3v) is 8.80. The minimum absolute atomic E-state index is 0.322. The highest BCUT2D eigenvalue weighted by Gasteiger charge is 2.23. The minimum atomic E-state index is -3.61. The summed E-state index contributed by atoms with van der Waals surface area (Å²) >= 11 is 1.21. The zero-order valence-corrected chi connectivity index (χ0v) is 19.5. The van der Waals surface area contributed by atoms with Crippen molar-refractivity contribution in [1.82, 2.24) is 9.97 Å². The lowest BCUT2D eigenvalue weighted by Crippen LogP contribution is -2.25. The number of hydrogen-bond acceptors (Lipinski definition) is 5. The second kappa shape index (κ2) is 7.65. The Kier molecular flexibility index (Phi) is 4.91. The van der Waals surface area contributed by atoms with Crippen molar-refractivity contribution >= 4 is 54.7 Å². The number of pyridine rings is 1. The number of rotatable bonds is 5. The predicted octanol–water partition coefficient (Wildman–Crippen LogP) is 5.34. The van der Waals surface area contributed by atoms with E-state index in [1.807, 2.05) is 38.4 Å². The number of hydrogen-bond donors (Lipinski definition) is 1. The van der Waals surface area contributed by atoms with Crippen molar-refractivity contribution in [3.8, 4) is 11.1 Å². The standard InChI is InChI=1S/C24H22N4O2S2/c1-27(2)17-8-6-16(7-9-17)19-12-13-25-24-23(19)20-15-18(10-11-21(20)26-24)28(3)32(29,30)22-5-4-14-31-22/h4-15H,1-3H3,(H,25,26). The van der Waals surface area contributed by atoms with E-state index in [-0.39, 0.29) is 0 Å². The molecule has 8 heteroatoms. The van der Waals surface area contributed by atoms with E-state index in [1.165, 1.54) is 15.6 Å². The van der Waals surface area contributed by atoms with Crippen LogP contribution in [0, 0.1) is 0 Å². The number of aromatic amines is 1. The molecule has 5 rings (SSSR count). The van der Waals surface area contributed by atoms with Gasteiger partial charge in [0, 0.05) is 49.3 Å². The summed E-state index contributed by atoms with van der Waals surface area (Å²) in [6.07, 6.45) is 1.79. The molecule has 3 aromatic heterocycles. The van der Waals surface area contributed by atoms with E-state index in [9.17, 15) is 8.42 Å². The van der Waals surface area contributed by atoms with Gasteiger partial charge < -0.3 is 9.88 Å². The average molecular weight is 463 g/mol. The molecule has 0 unspecified atom stereocenters. The molecule has 0 aliphatic heterocycles. The summed E-state index contributed by atoms with van der Waals surface area (Å²) in [4.78, 5) is 9.95. The molecule has 0 atom stereocenters. The summed E-state index contributed by atoms with van der Waals surface area (Å²) in [7, 11) is 2.01. The molecule has 0 aliphatic rings. The molecule has 0 fully saturated rings. The van der Waals surface area contributed by atoms with Gasteiger partial charge in [0.1, 0.15) is 9.86 Å². The molecule has 6 nitrogen and oxygen atoms in total. The summed E-state index contributed by atoms with van der Waals surface area (Å²) < 4.78 is 27.7. The Hall–Kier alpha value is -3.36. The molecule has 0 saturated heterocycles. The Morgan fingerprint density at radius 2 is 1.69 bits per heavy atom. The number of H-pyrrole nitrogens is 1. The molecule has 32 heavy (non-hydrogen) atoms. The molecule has 1 N–H and O–H groups in total. The normalized spacial score (nSPS) is 11.8. The van der Waals surface area contributed by atoms with Crippen LogP contribution in [-0.2, 0) is 10.0 Å². The number of nitrogens with zero attached hydrogens (tertiary/aromatic N) is 3. The maximum absolute atomic E-state index is 13.0. The second-order valence-electron chi connectivity index (χ2n) is 7.78. The first-order chi connectivity index (χ1) is 15.4. The Balaban J connectivity index is 1.67. The van der Waals surface area contributed by atoms with E-state index in [0.717, 1.165) is 38.8 Å². The monoisotopic (exact) mass is 462 g/mol. The van der Waals surface area contributed by atoms with Crippen LogP contribution in [0.25, 0.3) is 33.1 Å². The van der Waals surface area contributed by atoms with Gasteiger partial charge in [-0.3, -0.25) is 4.31 Å². The van der Waals surface area contributed by atoms with Gasteiger partial charge in [0.05, 0.1) is 5.69 Å². The average Bonchev–Trinajstić information content (AvgIpc) is 3.46. The molecule has 0 amide bonds. The maximum atomic E-state index is 13.0. The maximum Gasteiger partial charge on any atom is 0.273 e. The molecule has 0 radical (unpaired) electrons. The highest BCUT2D eigenvalue weighted by Crippen LogP contribution is 2.36. The Morgan fingerprint density at radius 3 is 2.38 bits per heavy atom. The molecule has 5 aromatic rings. The second-order valence-corrected chi connectivity index (χ2v) is 10.9. The molecule has 0 bridgehead atoms. The molecular weight excluding hydrogens is 440 g/mol. The van der Waals surface area contributed by atoms with E-state index in [4.69, 9.17) is 0 Å². The molecule has 2 aromatic carbocycles. The highest BCUT2D eigenvalue weighted by atomic mass is 32.2. The number of fused-ring (bicyclic) bond motifs is 3. The van der Waals surface area contributed by atoms with E-state index < -0.39 is 10.0 Å². The third kappa shape index (κ3) is 3.32. The van der Waals surface area contributed by atoms with Crippen molar-refractivity contribution in [1.29, 1.82) is 0 Å². The fraction of sp³-hybridized carbons (Fsp3) is 0.125. The smallest absolute Gasteiger partial charge is 0.273 e. The van der Waals surface area contributed by atoms with Crippen LogP contribution in [0.15, 0.2) is 76.4 Å². The molecule has 162 valence electrons. The number of anilines is 2. The molecule has 0 aliphatic carbocycles. The van der Waals surface area contributed by atoms with Crippen LogP contribution in [0.3, 0.4) is 0 Å². The van der Waals surface area contributed by atoms with Crippen molar-refractivity contribution in [2.75, 3.05) is 30.3 Å². The van der Waals surface area contributed by atoms with E-state index in [2.05, 4.69) is 39.1 Å². The van der Waals surface area contributed by atoms with Crippen LogP contribution in [0.5, 0.6) is 0 Å². The first-order valence-corrected chi connectivity index (χ1v) is 12.4. The molecule has 0 spiro atoms. The fourth-order valence-corrected chi connectivity index (χ4v) is 6.21. The minimum Gasteiger partial charge on any atom is -0.378 e. The first-order valence-electron chi connectivity index (χ1n) is 10.1. The zero-order chi connectivity index (χ0) is 22.5. The lowest BCUT2D eigenvalue weighted by Gasteiger charge is -2.18. The van der Waals surface area contributed by atoms with Crippen molar-refractivity contribution in [2.24, 2.45) is 0 Å². The van der Waals surface area contributed by atoms with Crippen LogP contribution in [0.2, 0.25) is 0 Å². The molecular formula is C24H22N4O2S2. The number of aromatic nitrogens is 2. The summed E-state index contributed by atoms with van der Waals surface area (Å²) in [5.41, 5.74) is 5.54. The van der Waals surface area contributed by atoms with Crippen LogP contribution in [-0.4, -0.2) is 39.5 Å². The van der Waals surface area contributed by atoms with E-state index >= 15 is 0 Å². The fourth-order valence-electron chi connectivity index (χ4n) is 3.86. The van der Waals surface area contributed by atoms with E-state index in [1.54, 1.807) is 30.8 Å². The highest BCUT2D eigenvalue weighted by molar-refractivity contribution is 7.94. The Labute approximate surface area is 190 Å². The third-order valence-electron chi connectivity index (χ3n) is 5.64. The zero-order valence-electron chi connectivity index (χ0n) is 17.9.